The number of rotatable bonds is 8. The second-order valence-corrected chi connectivity index (χ2v) is 7.64. The van der Waals surface area contributed by atoms with E-state index in [-0.39, 0.29) is 31.1 Å². The minimum Gasteiger partial charge on any atom is -0.489 e. The molecule has 0 spiro atoms. The molecule has 0 radical (unpaired) electrons. The Morgan fingerprint density at radius 2 is 1.87 bits per heavy atom. The van der Waals surface area contributed by atoms with E-state index in [0.717, 1.165) is 28.3 Å². The second kappa shape index (κ2) is 9.93. The summed E-state index contributed by atoms with van der Waals surface area (Å²) in [5, 5.41) is 5.04. The molecule has 0 saturated carbocycles. The van der Waals surface area contributed by atoms with Crippen molar-refractivity contribution in [2.45, 2.75) is 19.5 Å². The third kappa shape index (κ3) is 6.28. The van der Waals surface area contributed by atoms with Crippen LogP contribution in [0.1, 0.15) is 16.8 Å². The first-order valence-electron chi connectivity index (χ1n) is 9.40. The molecule has 9 heteroatoms. The third-order valence-electron chi connectivity index (χ3n) is 4.32. The van der Waals surface area contributed by atoms with Gasteiger partial charge < -0.3 is 14.8 Å². The van der Waals surface area contributed by atoms with Gasteiger partial charge in [0.25, 0.3) is 0 Å². The molecule has 0 unspecified atom stereocenters. The standard InChI is InChI=1S/C22H21F3N2O3S/c1-14-3-5-15(6-4-14)21-26-17(13-31-21)12-20(28)27-18-11-16(22(23,24)25)7-8-19(18)30-10-9-29-2/h3-8,11,13H,9-10,12H2,1-2H3,(H,27,28). The highest BCUT2D eigenvalue weighted by Crippen LogP contribution is 2.35. The lowest BCUT2D eigenvalue weighted by atomic mass is 10.1. The average Bonchev–Trinajstić information content (AvgIpc) is 3.17. The van der Waals surface area contributed by atoms with Gasteiger partial charge in [-0.25, -0.2) is 4.98 Å². The van der Waals surface area contributed by atoms with Crippen molar-refractivity contribution >= 4 is 22.9 Å². The van der Waals surface area contributed by atoms with E-state index < -0.39 is 17.6 Å². The number of aryl methyl sites for hydroxylation is 1. The van der Waals surface area contributed by atoms with Crippen LogP contribution < -0.4 is 10.1 Å². The van der Waals surface area contributed by atoms with Crippen LogP contribution in [0, 0.1) is 6.92 Å². The fourth-order valence-electron chi connectivity index (χ4n) is 2.74. The van der Waals surface area contributed by atoms with Crippen LogP contribution >= 0.6 is 11.3 Å². The zero-order valence-corrected chi connectivity index (χ0v) is 17.8. The molecule has 164 valence electrons. The summed E-state index contributed by atoms with van der Waals surface area (Å²) in [5.74, 6) is -0.353. The van der Waals surface area contributed by atoms with Gasteiger partial charge in [-0.05, 0) is 25.1 Å². The van der Waals surface area contributed by atoms with Gasteiger partial charge in [-0.2, -0.15) is 13.2 Å². The number of anilines is 1. The number of ether oxygens (including phenoxy) is 2. The van der Waals surface area contributed by atoms with E-state index in [1.165, 1.54) is 24.5 Å². The first kappa shape index (κ1) is 22.8. The normalized spacial score (nSPS) is 11.4. The van der Waals surface area contributed by atoms with Gasteiger partial charge in [-0.15, -0.1) is 11.3 Å². The topological polar surface area (TPSA) is 60.5 Å². The highest BCUT2D eigenvalue weighted by atomic mass is 32.1. The van der Waals surface area contributed by atoms with Crippen molar-refractivity contribution in [2.24, 2.45) is 0 Å². The van der Waals surface area contributed by atoms with E-state index in [2.05, 4.69) is 10.3 Å². The fraction of sp³-hybridized carbons (Fsp3) is 0.273. The number of hydrogen-bond acceptors (Lipinski definition) is 5. The summed E-state index contributed by atoms with van der Waals surface area (Å²) in [6.45, 7) is 2.38. The summed E-state index contributed by atoms with van der Waals surface area (Å²) in [6, 6.07) is 10.8. The van der Waals surface area contributed by atoms with Gasteiger partial charge in [-0.1, -0.05) is 29.8 Å². The van der Waals surface area contributed by atoms with Gasteiger partial charge in [0.1, 0.15) is 17.4 Å². The molecule has 0 aliphatic rings. The third-order valence-corrected chi connectivity index (χ3v) is 5.26. The van der Waals surface area contributed by atoms with E-state index in [0.29, 0.717) is 5.69 Å². The highest BCUT2D eigenvalue weighted by molar-refractivity contribution is 7.13. The lowest BCUT2D eigenvalue weighted by Crippen LogP contribution is -2.17. The maximum absolute atomic E-state index is 13.1. The molecular weight excluding hydrogens is 429 g/mol. The van der Waals surface area contributed by atoms with E-state index in [1.807, 2.05) is 31.2 Å². The lowest BCUT2D eigenvalue weighted by molar-refractivity contribution is -0.137. The molecule has 1 amide bonds. The zero-order chi connectivity index (χ0) is 22.4. The molecule has 1 aromatic heterocycles. The zero-order valence-electron chi connectivity index (χ0n) is 17.0. The Morgan fingerprint density at radius 3 is 2.55 bits per heavy atom. The Morgan fingerprint density at radius 1 is 1.13 bits per heavy atom. The quantitative estimate of drug-likeness (QED) is 0.471. The van der Waals surface area contributed by atoms with Gasteiger partial charge in [-0.3, -0.25) is 4.79 Å². The summed E-state index contributed by atoms with van der Waals surface area (Å²) < 4.78 is 49.6. The summed E-state index contributed by atoms with van der Waals surface area (Å²) in [6.07, 6.45) is -4.61. The van der Waals surface area contributed by atoms with Crippen molar-refractivity contribution < 1.29 is 27.4 Å². The Kier molecular flexibility index (Phi) is 7.29. The predicted octanol–water partition coefficient (Wildman–Crippen LogP) is 5.34. The van der Waals surface area contributed by atoms with E-state index in [1.54, 1.807) is 5.38 Å². The molecule has 0 atom stereocenters. The predicted molar refractivity (Wildman–Crippen MR) is 113 cm³/mol. The van der Waals surface area contributed by atoms with Gasteiger partial charge in [0.05, 0.1) is 30.0 Å². The van der Waals surface area contributed by atoms with Crippen molar-refractivity contribution in [1.29, 1.82) is 0 Å². The van der Waals surface area contributed by atoms with Crippen LogP contribution in [0.2, 0.25) is 0 Å². The molecule has 3 aromatic rings. The number of halogens is 3. The Balaban J connectivity index is 1.73. The molecule has 1 N–H and O–H groups in total. The number of carbonyl (C=O) groups excluding carboxylic acids is 1. The average molecular weight is 450 g/mol. The molecule has 0 aliphatic heterocycles. The smallest absolute Gasteiger partial charge is 0.416 e. The number of aromatic nitrogens is 1. The van der Waals surface area contributed by atoms with Gasteiger partial charge >= 0.3 is 6.18 Å². The second-order valence-electron chi connectivity index (χ2n) is 6.78. The SMILES string of the molecule is COCCOc1ccc(C(F)(F)F)cc1NC(=O)Cc1csc(-c2ccc(C)cc2)n1. The van der Waals surface area contributed by atoms with Crippen LogP contribution in [-0.4, -0.2) is 31.2 Å². The molecular formula is C22H21F3N2O3S. The van der Waals surface area contributed by atoms with Gasteiger partial charge in [0.15, 0.2) is 0 Å². The van der Waals surface area contributed by atoms with Gasteiger partial charge in [0.2, 0.25) is 5.91 Å². The molecule has 0 bridgehead atoms. The minimum atomic E-state index is -4.54. The van der Waals surface area contributed by atoms with E-state index in [9.17, 15) is 18.0 Å². The van der Waals surface area contributed by atoms with Crippen LogP contribution in [0.4, 0.5) is 18.9 Å². The maximum Gasteiger partial charge on any atom is 0.416 e. The van der Waals surface area contributed by atoms with Crippen LogP contribution in [0.5, 0.6) is 5.75 Å². The molecule has 5 nitrogen and oxygen atoms in total. The molecule has 0 aliphatic carbocycles. The van der Waals surface area contributed by atoms with Crippen molar-refractivity contribution in [3.8, 4) is 16.3 Å². The molecule has 3 rings (SSSR count). The Bertz CT molecular complexity index is 1030. The number of carbonyl (C=O) groups is 1. The van der Waals surface area contributed by atoms with E-state index >= 15 is 0 Å². The van der Waals surface area contributed by atoms with E-state index in [4.69, 9.17) is 9.47 Å². The van der Waals surface area contributed by atoms with Crippen molar-refractivity contribution in [3.63, 3.8) is 0 Å². The molecule has 0 saturated heterocycles. The monoisotopic (exact) mass is 450 g/mol. The molecule has 2 aromatic carbocycles. The summed E-state index contributed by atoms with van der Waals surface area (Å²) in [7, 11) is 1.48. The summed E-state index contributed by atoms with van der Waals surface area (Å²) in [4.78, 5) is 17.0. The number of methoxy groups -OCH3 is 1. The van der Waals surface area contributed by atoms with Crippen LogP contribution in [-0.2, 0) is 22.1 Å². The number of thiazole rings is 1. The number of alkyl halides is 3. The number of nitrogens with zero attached hydrogens (tertiary/aromatic N) is 1. The Hall–Kier alpha value is -2.91. The minimum absolute atomic E-state index is 0.0510. The molecule has 0 fully saturated rings. The fourth-order valence-corrected chi connectivity index (χ4v) is 3.57. The summed E-state index contributed by atoms with van der Waals surface area (Å²) in [5.41, 5.74) is 1.67. The number of benzene rings is 2. The highest BCUT2D eigenvalue weighted by Gasteiger charge is 2.31. The maximum atomic E-state index is 13.1. The first-order valence-corrected chi connectivity index (χ1v) is 10.3. The number of hydrogen-bond donors (Lipinski definition) is 1. The van der Waals surface area contributed by atoms with Gasteiger partial charge in [0, 0.05) is 18.1 Å². The van der Waals surface area contributed by atoms with Crippen LogP contribution in [0.25, 0.3) is 10.6 Å². The molecule has 31 heavy (non-hydrogen) atoms. The van der Waals surface area contributed by atoms with Crippen molar-refractivity contribution in [1.82, 2.24) is 4.98 Å². The largest absolute Gasteiger partial charge is 0.489 e. The van der Waals surface area contributed by atoms with Crippen molar-refractivity contribution in [2.75, 3.05) is 25.6 Å². The molecule has 1 heterocycles. The first-order chi connectivity index (χ1) is 14.8. The number of amides is 1. The van der Waals surface area contributed by atoms with Crippen molar-refractivity contribution in [3.05, 3.63) is 64.7 Å². The lowest BCUT2D eigenvalue weighted by Gasteiger charge is -2.15. The van der Waals surface area contributed by atoms with Crippen LogP contribution in [0.15, 0.2) is 47.8 Å². The number of nitrogens with one attached hydrogen (secondary N) is 1. The summed E-state index contributed by atoms with van der Waals surface area (Å²) >= 11 is 1.40. The van der Waals surface area contributed by atoms with Crippen LogP contribution in [0.3, 0.4) is 0 Å². The Labute approximate surface area is 181 Å².